The molecule has 110 valence electrons. The molecule has 0 saturated heterocycles. The van der Waals surface area contributed by atoms with Gasteiger partial charge in [0.05, 0.1) is 0 Å². The molecular formula is C18H12Cl2O2. The molecule has 1 aliphatic carbocycles. The summed E-state index contributed by atoms with van der Waals surface area (Å²) in [5, 5.41) is 0.985. The van der Waals surface area contributed by atoms with Gasteiger partial charge in [0.15, 0.2) is 11.6 Å². The van der Waals surface area contributed by atoms with Crippen molar-refractivity contribution in [2.24, 2.45) is 0 Å². The van der Waals surface area contributed by atoms with Crippen molar-refractivity contribution in [2.75, 3.05) is 0 Å². The summed E-state index contributed by atoms with van der Waals surface area (Å²) in [5.74, 6) is -0.253. The third-order valence-corrected chi connectivity index (χ3v) is 4.61. The zero-order chi connectivity index (χ0) is 15.9. The van der Waals surface area contributed by atoms with Crippen molar-refractivity contribution in [1.29, 1.82) is 0 Å². The molecule has 4 heteroatoms. The molecule has 0 unspecified atom stereocenters. The second-order valence-electron chi connectivity index (χ2n) is 5.18. The predicted octanol–water partition coefficient (Wildman–Crippen LogP) is 4.93. The molecule has 22 heavy (non-hydrogen) atoms. The van der Waals surface area contributed by atoms with Gasteiger partial charge >= 0.3 is 0 Å². The van der Waals surface area contributed by atoms with Gasteiger partial charge in [-0.1, -0.05) is 53.5 Å². The topological polar surface area (TPSA) is 34.1 Å². The Kier molecular flexibility index (Phi) is 3.90. The Morgan fingerprint density at radius 3 is 1.95 bits per heavy atom. The van der Waals surface area contributed by atoms with E-state index in [9.17, 15) is 9.59 Å². The molecule has 0 aliphatic heterocycles. The van der Waals surface area contributed by atoms with Crippen LogP contribution in [0.2, 0.25) is 10.0 Å². The lowest BCUT2D eigenvalue weighted by atomic mass is 9.82. The van der Waals surface area contributed by atoms with E-state index in [0.717, 1.165) is 0 Å². The van der Waals surface area contributed by atoms with Crippen molar-refractivity contribution in [3.05, 3.63) is 80.3 Å². The number of fused-ring (bicyclic) bond motifs is 1. The minimum Gasteiger partial charge on any atom is -0.289 e. The van der Waals surface area contributed by atoms with Crippen molar-refractivity contribution in [3.63, 3.8) is 0 Å². The number of carbonyl (C=O) groups is 2. The standard InChI is InChI=1S/C18H12Cl2O2/c1-10-13(9-14-15(19)7-4-8-16(14)20)18(22)12-6-3-2-5-11(12)17(10)21/h2-8H,9H2,1H3. The maximum atomic E-state index is 12.7. The highest BCUT2D eigenvalue weighted by molar-refractivity contribution is 6.36. The first-order valence-electron chi connectivity index (χ1n) is 6.81. The molecule has 3 rings (SSSR count). The Morgan fingerprint density at radius 1 is 0.818 bits per heavy atom. The van der Waals surface area contributed by atoms with Crippen LogP contribution in [0.15, 0.2) is 53.6 Å². The smallest absolute Gasteiger partial charge is 0.190 e. The summed E-state index contributed by atoms with van der Waals surface area (Å²) in [6, 6.07) is 12.1. The van der Waals surface area contributed by atoms with Crippen LogP contribution < -0.4 is 0 Å². The average molecular weight is 331 g/mol. The summed E-state index contributed by atoms with van der Waals surface area (Å²) in [4.78, 5) is 25.2. The fourth-order valence-electron chi connectivity index (χ4n) is 2.64. The highest BCUT2D eigenvalue weighted by atomic mass is 35.5. The van der Waals surface area contributed by atoms with Crippen molar-refractivity contribution >= 4 is 34.8 Å². The second kappa shape index (κ2) is 5.71. The van der Waals surface area contributed by atoms with Crippen LogP contribution in [-0.4, -0.2) is 11.6 Å². The van der Waals surface area contributed by atoms with Crippen molar-refractivity contribution in [2.45, 2.75) is 13.3 Å². The maximum absolute atomic E-state index is 12.7. The van der Waals surface area contributed by atoms with Crippen LogP contribution in [0.5, 0.6) is 0 Å². The molecule has 0 aromatic heterocycles. The van der Waals surface area contributed by atoms with Gasteiger partial charge in [-0.05, 0) is 24.6 Å². The summed E-state index contributed by atoms with van der Waals surface area (Å²) in [7, 11) is 0. The highest BCUT2D eigenvalue weighted by Gasteiger charge is 2.30. The lowest BCUT2D eigenvalue weighted by Crippen LogP contribution is -2.22. The molecule has 2 aromatic rings. The van der Waals surface area contributed by atoms with E-state index in [0.29, 0.717) is 37.9 Å². The van der Waals surface area contributed by atoms with Crippen molar-refractivity contribution in [1.82, 2.24) is 0 Å². The maximum Gasteiger partial charge on any atom is 0.190 e. The summed E-state index contributed by atoms with van der Waals surface area (Å²) in [5.41, 5.74) is 2.48. The van der Waals surface area contributed by atoms with E-state index in [2.05, 4.69) is 0 Å². The third kappa shape index (κ3) is 2.39. The monoisotopic (exact) mass is 330 g/mol. The van der Waals surface area contributed by atoms with Crippen LogP contribution in [0, 0.1) is 0 Å². The lowest BCUT2D eigenvalue weighted by molar-refractivity contribution is 0.0973. The van der Waals surface area contributed by atoms with Crippen LogP contribution in [0.25, 0.3) is 0 Å². The number of halogens is 2. The zero-order valence-corrected chi connectivity index (χ0v) is 13.3. The fraction of sp³-hybridized carbons (Fsp3) is 0.111. The molecule has 0 N–H and O–H groups in total. The van der Waals surface area contributed by atoms with Crippen LogP contribution in [0.3, 0.4) is 0 Å². The average Bonchev–Trinajstić information content (AvgIpc) is 2.52. The molecule has 2 aromatic carbocycles. The first kappa shape index (κ1) is 15.0. The molecule has 1 aliphatic rings. The van der Waals surface area contributed by atoms with E-state index in [1.54, 1.807) is 49.4 Å². The Labute approximate surface area is 138 Å². The third-order valence-electron chi connectivity index (χ3n) is 3.90. The van der Waals surface area contributed by atoms with Crippen molar-refractivity contribution < 1.29 is 9.59 Å². The first-order chi connectivity index (χ1) is 10.5. The van der Waals surface area contributed by atoms with Crippen LogP contribution in [0.4, 0.5) is 0 Å². The normalized spacial score (nSPS) is 14.3. The lowest BCUT2D eigenvalue weighted by Gasteiger charge is -2.19. The van der Waals surface area contributed by atoms with E-state index < -0.39 is 0 Å². The molecule has 0 fully saturated rings. The van der Waals surface area contributed by atoms with Gasteiger partial charge in [-0.15, -0.1) is 0 Å². The number of rotatable bonds is 2. The minimum atomic E-state index is -0.135. The van der Waals surface area contributed by atoms with Gasteiger partial charge in [0.1, 0.15) is 0 Å². The number of allylic oxidation sites excluding steroid dienone is 2. The van der Waals surface area contributed by atoms with Gasteiger partial charge in [0.2, 0.25) is 0 Å². The van der Waals surface area contributed by atoms with E-state index in [1.165, 1.54) is 0 Å². The Hall–Kier alpha value is -1.90. The summed E-state index contributed by atoms with van der Waals surface area (Å²) < 4.78 is 0. The van der Waals surface area contributed by atoms with Gasteiger partial charge in [-0.2, -0.15) is 0 Å². The number of ketones is 2. The number of carbonyl (C=O) groups excluding carboxylic acids is 2. The highest BCUT2D eigenvalue weighted by Crippen LogP contribution is 2.32. The minimum absolute atomic E-state index is 0.117. The molecule has 0 saturated carbocycles. The van der Waals surface area contributed by atoms with E-state index >= 15 is 0 Å². The molecule has 2 nitrogen and oxygen atoms in total. The second-order valence-corrected chi connectivity index (χ2v) is 6.00. The van der Waals surface area contributed by atoms with Gasteiger partial charge < -0.3 is 0 Å². The predicted molar refractivity (Wildman–Crippen MR) is 88.0 cm³/mol. The summed E-state index contributed by atoms with van der Waals surface area (Å²) in [6.07, 6.45) is 0.253. The van der Waals surface area contributed by atoms with Crippen LogP contribution >= 0.6 is 23.2 Å². The fourth-order valence-corrected chi connectivity index (χ4v) is 3.17. The molecular weight excluding hydrogens is 319 g/mol. The van der Waals surface area contributed by atoms with E-state index in [4.69, 9.17) is 23.2 Å². The summed E-state index contributed by atoms with van der Waals surface area (Å²) >= 11 is 12.4. The Balaban J connectivity index is 2.10. The van der Waals surface area contributed by atoms with Gasteiger partial charge in [0, 0.05) is 38.7 Å². The number of benzene rings is 2. The zero-order valence-electron chi connectivity index (χ0n) is 11.8. The van der Waals surface area contributed by atoms with Gasteiger partial charge in [-0.3, -0.25) is 9.59 Å². The molecule has 0 heterocycles. The molecule has 0 atom stereocenters. The van der Waals surface area contributed by atoms with Gasteiger partial charge in [0.25, 0.3) is 0 Å². The Bertz CT molecular complexity index is 814. The quantitative estimate of drug-likeness (QED) is 0.782. The van der Waals surface area contributed by atoms with Crippen molar-refractivity contribution in [3.8, 4) is 0 Å². The number of hydrogen-bond donors (Lipinski definition) is 0. The molecule has 0 amide bonds. The Morgan fingerprint density at radius 2 is 1.36 bits per heavy atom. The van der Waals surface area contributed by atoms with Crippen LogP contribution in [-0.2, 0) is 6.42 Å². The van der Waals surface area contributed by atoms with Crippen LogP contribution in [0.1, 0.15) is 33.2 Å². The van der Waals surface area contributed by atoms with E-state index in [-0.39, 0.29) is 18.0 Å². The number of hydrogen-bond acceptors (Lipinski definition) is 2. The first-order valence-corrected chi connectivity index (χ1v) is 7.57. The molecule has 0 radical (unpaired) electrons. The summed E-state index contributed by atoms with van der Waals surface area (Å²) in [6.45, 7) is 1.68. The van der Waals surface area contributed by atoms with Gasteiger partial charge in [-0.25, -0.2) is 0 Å². The number of Topliss-reactive ketones (excluding diaryl/α,β-unsaturated/α-hetero) is 2. The van der Waals surface area contributed by atoms with E-state index in [1.807, 2.05) is 0 Å². The molecule has 0 bridgehead atoms. The largest absolute Gasteiger partial charge is 0.289 e. The molecule has 0 spiro atoms. The SMILES string of the molecule is CC1=C(Cc2c(Cl)cccc2Cl)C(=O)c2ccccc2C1=O.